The van der Waals surface area contributed by atoms with Crippen LogP contribution in [0.4, 0.5) is 4.79 Å². The van der Waals surface area contributed by atoms with Gasteiger partial charge in [-0.3, -0.25) is 0 Å². The van der Waals surface area contributed by atoms with Crippen molar-refractivity contribution >= 4 is 12.0 Å². The zero-order valence-corrected chi connectivity index (χ0v) is 16.5. The normalized spacial score (nSPS) is 16.7. The molecule has 0 radical (unpaired) electrons. The summed E-state index contributed by atoms with van der Waals surface area (Å²) >= 11 is 0. The van der Waals surface area contributed by atoms with E-state index in [9.17, 15) is 9.59 Å². The van der Waals surface area contributed by atoms with Crippen LogP contribution in [0, 0.1) is 5.92 Å². The molecule has 0 aliphatic carbocycles. The summed E-state index contributed by atoms with van der Waals surface area (Å²) in [7, 11) is 0. The van der Waals surface area contributed by atoms with E-state index in [2.05, 4.69) is 10.6 Å². The molecule has 2 amide bonds. The molecular formula is C20H28N2O5. The predicted molar refractivity (Wildman–Crippen MR) is 102 cm³/mol. The van der Waals surface area contributed by atoms with Crippen LogP contribution in [0.5, 0.6) is 11.5 Å². The van der Waals surface area contributed by atoms with Crippen LogP contribution < -0.4 is 20.1 Å². The van der Waals surface area contributed by atoms with Crippen LogP contribution in [0.3, 0.4) is 0 Å². The van der Waals surface area contributed by atoms with Crippen molar-refractivity contribution in [2.45, 2.75) is 40.7 Å². The van der Waals surface area contributed by atoms with Gasteiger partial charge in [-0.25, -0.2) is 9.59 Å². The fourth-order valence-corrected chi connectivity index (χ4v) is 2.97. The first kappa shape index (κ1) is 20.6. The maximum absolute atomic E-state index is 12.7. The van der Waals surface area contributed by atoms with Gasteiger partial charge in [-0.15, -0.1) is 0 Å². The Morgan fingerprint density at radius 1 is 1.07 bits per heavy atom. The topological polar surface area (TPSA) is 85.9 Å². The molecule has 0 saturated heterocycles. The Bertz CT molecular complexity index is 727. The van der Waals surface area contributed by atoms with Crippen molar-refractivity contribution in [3.63, 3.8) is 0 Å². The summed E-state index contributed by atoms with van der Waals surface area (Å²) < 4.78 is 16.5. The van der Waals surface area contributed by atoms with Gasteiger partial charge in [-0.05, 0) is 44.4 Å². The van der Waals surface area contributed by atoms with E-state index in [4.69, 9.17) is 14.2 Å². The average molecular weight is 376 g/mol. The summed E-state index contributed by atoms with van der Waals surface area (Å²) in [5.41, 5.74) is 1.69. The summed E-state index contributed by atoms with van der Waals surface area (Å²) in [5, 5.41) is 5.57. The lowest BCUT2D eigenvalue weighted by molar-refractivity contribution is -0.139. The van der Waals surface area contributed by atoms with Gasteiger partial charge in [0.15, 0.2) is 11.5 Å². The van der Waals surface area contributed by atoms with Crippen LogP contribution in [0.15, 0.2) is 29.5 Å². The minimum Gasteiger partial charge on any atom is -0.490 e. The van der Waals surface area contributed by atoms with Crippen molar-refractivity contribution in [1.29, 1.82) is 0 Å². The first-order valence-corrected chi connectivity index (χ1v) is 9.31. The third kappa shape index (κ3) is 4.72. The second-order valence-electron chi connectivity index (χ2n) is 6.31. The minimum atomic E-state index is -0.634. The lowest BCUT2D eigenvalue weighted by Gasteiger charge is -2.31. The molecule has 1 aliphatic heterocycles. The van der Waals surface area contributed by atoms with E-state index in [-0.39, 0.29) is 18.6 Å². The number of rotatable bonds is 8. The van der Waals surface area contributed by atoms with Crippen LogP contribution >= 0.6 is 0 Å². The molecular weight excluding hydrogens is 348 g/mol. The number of hydrogen-bond donors (Lipinski definition) is 2. The largest absolute Gasteiger partial charge is 0.490 e. The zero-order valence-electron chi connectivity index (χ0n) is 16.5. The molecule has 0 fully saturated rings. The van der Waals surface area contributed by atoms with Gasteiger partial charge in [-0.2, -0.15) is 0 Å². The van der Waals surface area contributed by atoms with Crippen molar-refractivity contribution in [3.8, 4) is 11.5 Å². The van der Waals surface area contributed by atoms with Crippen LogP contribution in [0.1, 0.15) is 46.2 Å². The van der Waals surface area contributed by atoms with E-state index in [1.54, 1.807) is 19.1 Å². The Hall–Kier alpha value is -2.70. The number of hydrogen-bond acceptors (Lipinski definition) is 5. The molecule has 1 aromatic rings. The molecule has 148 valence electrons. The number of urea groups is 1. The summed E-state index contributed by atoms with van der Waals surface area (Å²) in [6.45, 7) is 10.6. The van der Waals surface area contributed by atoms with Crippen molar-refractivity contribution in [1.82, 2.24) is 10.6 Å². The Morgan fingerprint density at radius 2 is 1.74 bits per heavy atom. The van der Waals surface area contributed by atoms with Gasteiger partial charge in [0, 0.05) is 5.70 Å². The molecule has 1 atom stereocenters. The average Bonchev–Trinajstić information content (AvgIpc) is 2.63. The lowest BCUT2D eigenvalue weighted by atomic mass is 9.91. The van der Waals surface area contributed by atoms with Crippen molar-refractivity contribution in [3.05, 3.63) is 35.0 Å². The molecule has 2 N–H and O–H groups in total. The molecule has 0 saturated carbocycles. The molecule has 1 heterocycles. The molecule has 0 bridgehead atoms. The van der Waals surface area contributed by atoms with Gasteiger partial charge in [0.2, 0.25) is 0 Å². The van der Waals surface area contributed by atoms with Gasteiger partial charge >= 0.3 is 12.0 Å². The molecule has 1 aliphatic rings. The summed E-state index contributed by atoms with van der Waals surface area (Å²) in [5.74, 6) is 0.686. The fourth-order valence-electron chi connectivity index (χ4n) is 2.97. The van der Waals surface area contributed by atoms with Gasteiger partial charge in [0.05, 0.1) is 31.4 Å². The molecule has 7 nitrogen and oxygen atoms in total. The molecule has 0 aromatic heterocycles. The van der Waals surface area contributed by atoms with Gasteiger partial charge in [0.1, 0.15) is 0 Å². The van der Waals surface area contributed by atoms with E-state index in [0.717, 1.165) is 5.56 Å². The number of ether oxygens (including phenoxy) is 3. The number of carbonyl (C=O) groups is 2. The van der Waals surface area contributed by atoms with Crippen molar-refractivity contribution in [2.75, 3.05) is 19.8 Å². The highest BCUT2D eigenvalue weighted by atomic mass is 16.5. The van der Waals surface area contributed by atoms with Gasteiger partial charge in [0.25, 0.3) is 0 Å². The quantitative estimate of drug-likeness (QED) is 0.680. The highest BCUT2D eigenvalue weighted by Crippen LogP contribution is 2.35. The van der Waals surface area contributed by atoms with Crippen LogP contribution in [0.2, 0.25) is 0 Å². The number of benzene rings is 1. The Balaban J connectivity index is 2.55. The zero-order chi connectivity index (χ0) is 20.0. The second-order valence-corrected chi connectivity index (χ2v) is 6.31. The number of carbonyl (C=O) groups excluding carboxylic acids is 2. The molecule has 0 spiro atoms. The number of esters is 1. The molecule has 2 rings (SSSR count). The van der Waals surface area contributed by atoms with E-state index in [1.165, 1.54) is 0 Å². The van der Waals surface area contributed by atoms with Gasteiger partial charge in [-0.1, -0.05) is 19.9 Å². The highest BCUT2D eigenvalue weighted by Gasteiger charge is 2.35. The summed E-state index contributed by atoms with van der Waals surface area (Å²) in [6.07, 6.45) is 0. The smallest absolute Gasteiger partial charge is 0.338 e. The van der Waals surface area contributed by atoms with Gasteiger partial charge < -0.3 is 24.8 Å². The maximum Gasteiger partial charge on any atom is 0.338 e. The Morgan fingerprint density at radius 3 is 2.33 bits per heavy atom. The van der Waals surface area contributed by atoms with Crippen LogP contribution in [-0.4, -0.2) is 31.8 Å². The number of amides is 2. The standard InChI is InChI=1S/C20H28N2O5/c1-6-25-14-10-9-13(11-15(14)26-7-2)18-16(19(23)27-8-3)17(12(4)5)21-20(24)22-18/h9-12,18H,6-8H2,1-5H3,(H2,21,22,24). The molecule has 7 heteroatoms. The van der Waals surface area contributed by atoms with E-state index < -0.39 is 12.0 Å². The molecule has 27 heavy (non-hydrogen) atoms. The van der Waals surface area contributed by atoms with Crippen LogP contribution in [0.25, 0.3) is 0 Å². The van der Waals surface area contributed by atoms with Crippen molar-refractivity contribution < 1.29 is 23.8 Å². The third-order valence-corrected chi connectivity index (χ3v) is 4.08. The maximum atomic E-state index is 12.7. The number of nitrogens with one attached hydrogen (secondary N) is 2. The first-order valence-electron chi connectivity index (χ1n) is 9.31. The molecule has 1 aromatic carbocycles. The highest BCUT2D eigenvalue weighted by molar-refractivity contribution is 5.95. The van der Waals surface area contributed by atoms with E-state index in [1.807, 2.05) is 33.8 Å². The third-order valence-electron chi connectivity index (χ3n) is 4.08. The Labute approximate surface area is 160 Å². The van der Waals surface area contributed by atoms with E-state index in [0.29, 0.717) is 36.0 Å². The lowest BCUT2D eigenvalue weighted by Crippen LogP contribution is -2.47. The second kappa shape index (κ2) is 9.30. The number of allylic oxidation sites excluding steroid dienone is 1. The minimum absolute atomic E-state index is 0.0491. The first-order chi connectivity index (χ1) is 12.9. The van der Waals surface area contributed by atoms with Crippen molar-refractivity contribution in [2.24, 2.45) is 5.92 Å². The molecule has 1 unspecified atom stereocenters. The monoisotopic (exact) mass is 376 g/mol. The summed E-state index contributed by atoms with van der Waals surface area (Å²) in [6, 6.07) is 4.41. The SMILES string of the molecule is CCOC(=O)C1=C(C(C)C)NC(=O)NC1c1ccc(OCC)c(OCC)c1. The fraction of sp³-hybridized carbons (Fsp3) is 0.500. The Kier molecular flexibility index (Phi) is 7.10. The van der Waals surface area contributed by atoms with Crippen LogP contribution in [-0.2, 0) is 9.53 Å². The summed E-state index contributed by atoms with van der Waals surface area (Å²) in [4.78, 5) is 24.9. The van der Waals surface area contributed by atoms with E-state index >= 15 is 0 Å². The predicted octanol–water partition coefficient (Wildman–Crippen LogP) is 3.31.